The second-order valence-corrected chi connectivity index (χ2v) is 7.45. The number of phenolic OH excluding ortho intramolecular Hbond substituents is 1. The first-order valence-electron chi connectivity index (χ1n) is 8.62. The highest BCUT2D eigenvalue weighted by atomic mass is 16.5. The predicted molar refractivity (Wildman–Crippen MR) is 97.1 cm³/mol. The number of phenols is 1. The second kappa shape index (κ2) is 5.42. The van der Waals surface area contributed by atoms with Gasteiger partial charge >= 0.3 is 0 Å². The van der Waals surface area contributed by atoms with Gasteiger partial charge in [-0.25, -0.2) is 0 Å². The monoisotopic (exact) mass is 352 g/mol. The Morgan fingerprint density at radius 3 is 2.58 bits per heavy atom. The number of aryl methyl sites for hydroxylation is 1. The fourth-order valence-corrected chi connectivity index (χ4v) is 4.12. The molecule has 134 valence electrons. The third kappa shape index (κ3) is 2.20. The molecule has 26 heavy (non-hydrogen) atoms. The highest BCUT2D eigenvalue weighted by molar-refractivity contribution is 6.30. The summed E-state index contributed by atoms with van der Waals surface area (Å²) < 4.78 is 5.42. The average molecular weight is 352 g/mol. The zero-order valence-corrected chi connectivity index (χ0v) is 15.0. The molecule has 0 radical (unpaired) electrons. The third-order valence-corrected chi connectivity index (χ3v) is 5.49. The van der Waals surface area contributed by atoms with E-state index in [9.17, 15) is 19.8 Å². The predicted octanol–water partition coefficient (Wildman–Crippen LogP) is 3.47. The summed E-state index contributed by atoms with van der Waals surface area (Å²) in [5.41, 5.74) is 0.866. The topological polar surface area (TPSA) is 83.8 Å². The van der Waals surface area contributed by atoms with Gasteiger partial charge in [-0.05, 0) is 43.7 Å². The quantitative estimate of drug-likeness (QED) is 0.821. The number of aliphatic hydroxyl groups is 1. The van der Waals surface area contributed by atoms with Gasteiger partial charge < -0.3 is 14.9 Å². The van der Waals surface area contributed by atoms with E-state index >= 15 is 0 Å². The van der Waals surface area contributed by atoms with E-state index in [1.165, 1.54) is 7.11 Å². The molecule has 1 unspecified atom stereocenters. The number of benzene rings is 2. The maximum absolute atomic E-state index is 13.1. The Labute approximate surface area is 150 Å². The van der Waals surface area contributed by atoms with Crippen LogP contribution in [0.1, 0.15) is 52.5 Å². The molecule has 2 N–H and O–H groups in total. The molecule has 0 saturated heterocycles. The molecule has 2 aromatic rings. The summed E-state index contributed by atoms with van der Waals surface area (Å²) in [5.74, 6) is -0.325. The van der Waals surface area contributed by atoms with Crippen LogP contribution in [0, 0.1) is 6.92 Å². The van der Waals surface area contributed by atoms with Gasteiger partial charge in [-0.3, -0.25) is 9.59 Å². The fourth-order valence-electron chi connectivity index (χ4n) is 4.12. The number of methoxy groups -OCH3 is 1. The molecule has 0 fully saturated rings. The van der Waals surface area contributed by atoms with E-state index in [0.717, 1.165) is 5.56 Å². The van der Waals surface area contributed by atoms with E-state index in [-0.39, 0.29) is 34.9 Å². The molecule has 0 heterocycles. The number of allylic oxidation sites excluding steroid dienone is 1. The summed E-state index contributed by atoms with van der Waals surface area (Å²) in [6.07, 6.45) is 0.897. The van der Waals surface area contributed by atoms with Crippen molar-refractivity contribution in [1.82, 2.24) is 0 Å². The molecule has 2 aliphatic rings. The molecule has 0 bridgehead atoms. The molecule has 0 aliphatic heterocycles. The van der Waals surface area contributed by atoms with Crippen molar-refractivity contribution in [2.75, 3.05) is 7.11 Å². The number of carbonyl (C=O) groups excluding carboxylic acids is 2. The Balaban J connectivity index is 2.02. The Hall–Kier alpha value is -2.66. The Morgan fingerprint density at radius 1 is 1.15 bits per heavy atom. The number of hydrogen-bond donors (Lipinski definition) is 2. The summed E-state index contributed by atoms with van der Waals surface area (Å²) in [7, 11) is 1.51. The number of carbonyl (C=O) groups is 2. The number of hydrogen-bond acceptors (Lipinski definition) is 5. The lowest BCUT2D eigenvalue weighted by molar-refractivity contribution is 0.0432. The number of ether oxygens (including phenoxy) is 1. The highest BCUT2D eigenvalue weighted by Gasteiger charge is 2.41. The van der Waals surface area contributed by atoms with Crippen LogP contribution in [0.25, 0.3) is 10.8 Å². The third-order valence-electron chi connectivity index (χ3n) is 5.49. The lowest BCUT2D eigenvalue weighted by atomic mass is 9.72. The molecule has 0 amide bonds. The zero-order valence-electron chi connectivity index (χ0n) is 15.0. The van der Waals surface area contributed by atoms with Gasteiger partial charge in [0.15, 0.2) is 11.6 Å². The normalized spacial score (nSPS) is 22.5. The summed E-state index contributed by atoms with van der Waals surface area (Å²) >= 11 is 0. The Kier molecular flexibility index (Phi) is 3.50. The van der Waals surface area contributed by atoms with E-state index in [1.807, 2.05) is 13.0 Å². The first kappa shape index (κ1) is 16.8. The van der Waals surface area contributed by atoms with Crippen LogP contribution in [0.5, 0.6) is 11.5 Å². The molecule has 0 saturated carbocycles. The number of ketones is 2. The average Bonchev–Trinajstić information content (AvgIpc) is 2.59. The standard InChI is InChI=1S/C21H20O5/c1-10-4-5-11-8-13-16(19(24)15(11)20(10)26-3)18(23)12-6-7-21(2,25)9-14(12)17(13)22/h4-5,8,24-25H,6-7,9H2,1-3H3. The summed E-state index contributed by atoms with van der Waals surface area (Å²) in [6.45, 7) is 3.53. The van der Waals surface area contributed by atoms with Crippen LogP contribution in [0.3, 0.4) is 0 Å². The highest BCUT2D eigenvalue weighted by Crippen LogP contribution is 2.46. The van der Waals surface area contributed by atoms with Crippen LogP contribution in [0.2, 0.25) is 0 Å². The molecule has 1 atom stereocenters. The molecular formula is C21H20O5. The van der Waals surface area contributed by atoms with Crippen molar-refractivity contribution in [1.29, 1.82) is 0 Å². The maximum Gasteiger partial charge on any atom is 0.193 e. The van der Waals surface area contributed by atoms with Gasteiger partial charge in [0.05, 0.1) is 23.7 Å². The van der Waals surface area contributed by atoms with Gasteiger partial charge in [0, 0.05) is 23.1 Å². The number of fused-ring (bicyclic) bond motifs is 2. The molecule has 5 heteroatoms. The van der Waals surface area contributed by atoms with Gasteiger partial charge in [-0.15, -0.1) is 0 Å². The minimum Gasteiger partial charge on any atom is -0.506 e. The van der Waals surface area contributed by atoms with E-state index in [1.54, 1.807) is 19.1 Å². The van der Waals surface area contributed by atoms with Crippen molar-refractivity contribution in [3.63, 3.8) is 0 Å². The van der Waals surface area contributed by atoms with Crippen LogP contribution in [0.4, 0.5) is 0 Å². The summed E-state index contributed by atoms with van der Waals surface area (Å²) in [4.78, 5) is 26.1. The number of Topliss-reactive ketones (excluding diaryl/α,β-unsaturated/α-hetero) is 2. The van der Waals surface area contributed by atoms with Crippen LogP contribution in [-0.4, -0.2) is 34.5 Å². The molecule has 5 nitrogen and oxygen atoms in total. The minimum absolute atomic E-state index is 0.0479. The van der Waals surface area contributed by atoms with Gasteiger partial charge in [-0.2, -0.15) is 0 Å². The van der Waals surface area contributed by atoms with E-state index in [4.69, 9.17) is 4.74 Å². The van der Waals surface area contributed by atoms with Gasteiger partial charge in [0.1, 0.15) is 11.5 Å². The Bertz CT molecular complexity index is 1030. The van der Waals surface area contributed by atoms with Gasteiger partial charge in [0.25, 0.3) is 0 Å². The van der Waals surface area contributed by atoms with Crippen molar-refractivity contribution in [2.24, 2.45) is 0 Å². The first-order valence-corrected chi connectivity index (χ1v) is 8.62. The van der Waals surface area contributed by atoms with Crippen LogP contribution in [-0.2, 0) is 0 Å². The molecular weight excluding hydrogens is 332 g/mol. The van der Waals surface area contributed by atoms with E-state index in [2.05, 4.69) is 0 Å². The Morgan fingerprint density at radius 2 is 1.88 bits per heavy atom. The molecule has 0 aromatic heterocycles. The largest absolute Gasteiger partial charge is 0.506 e. The molecule has 2 aliphatic carbocycles. The zero-order chi connectivity index (χ0) is 18.8. The smallest absolute Gasteiger partial charge is 0.193 e. The van der Waals surface area contributed by atoms with Crippen molar-refractivity contribution in [3.05, 3.63) is 46.0 Å². The maximum atomic E-state index is 13.1. The minimum atomic E-state index is -0.995. The van der Waals surface area contributed by atoms with Gasteiger partial charge in [0.2, 0.25) is 0 Å². The van der Waals surface area contributed by atoms with Crippen molar-refractivity contribution in [3.8, 4) is 11.5 Å². The van der Waals surface area contributed by atoms with Crippen LogP contribution < -0.4 is 4.74 Å². The molecule has 2 aromatic carbocycles. The van der Waals surface area contributed by atoms with Crippen molar-refractivity contribution in [2.45, 2.75) is 38.7 Å². The van der Waals surface area contributed by atoms with E-state index in [0.29, 0.717) is 40.5 Å². The molecule has 4 rings (SSSR count). The van der Waals surface area contributed by atoms with Crippen LogP contribution in [0.15, 0.2) is 29.3 Å². The second-order valence-electron chi connectivity index (χ2n) is 7.45. The first-order chi connectivity index (χ1) is 12.2. The van der Waals surface area contributed by atoms with Gasteiger partial charge in [-0.1, -0.05) is 12.1 Å². The number of aromatic hydroxyl groups is 1. The summed E-state index contributed by atoms with van der Waals surface area (Å²) in [5, 5.41) is 22.3. The SMILES string of the molecule is COc1c(C)ccc2cc3c(c(O)c12)C(=O)C1=C(CC(C)(O)CC1)C3=O. The van der Waals surface area contributed by atoms with Crippen molar-refractivity contribution < 1.29 is 24.5 Å². The summed E-state index contributed by atoms with van der Waals surface area (Å²) in [6, 6.07) is 5.28. The molecule has 0 spiro atoms. The lowest BCUT2D eigenvalue weighted by Crippen LogP contribution is -2.35. The van der Waals surface area contributed by atoms with E-state index < -0.39 is 5.60 Å². The van der Waals surface area contributed by atoms with Crippen molar-refractivity contribution >= 4 is 22.3 Å². The fraction of sp³-hybridized carbons (Fsp3) is 0.333. The van der Waals surface area contributed by atoms with Crippen LogP contribution >= 0.6 is 0 Å². The number of rotatable bonds is 1. The lowest BCUT2D eigenvalue weighted by Gasteiger charge is -2.33.